The lowest BCUT2D eigenvalue weighted by molar-refractivity contribution is -0.219. The van der Waals surface area contributed by atoms with E-state index in [1.165, 1.54) is 0 Å². The molecule has 1 aromatic rings. The second kappa shape index (κ2) is 4.98. The first-order valence-corrected chi connectivity index (χ1v) is 4.35. The Morgan fingerprint density at radius 2 is 1.94 bits per heavy atom. The first-order chi connectivity index (χ1) is 7.44. The minimum atomic E-state index is -4.26. The molecule has 1 aromatic carbocycles. The summed E-state index contributed by atoms with van der Waals surface area (Å²) in [4.78, 5) is 10.8. The van der Waals surface area contributed by atoms with Gasteiger partial charge in [-0.15, -0.1) is 0 Å². The SMILES string of the molecule is O=C(OCc1ccccc1)C(O)(F)C(F)F. The minimum absolute atomic E-state index is 0.376. The van der Waals surface area contributed by atoms with Gasteiger partial charge in [-0.05, 0) is 5.56 Å². The Morgan fingerprint density at radius 1 is 1.38 bits per heavy atom. The van der Waals surface area contributed by atoms with Gasteiger partial charge >= 0.3 is 18.2 Å². The summed E-state index contributed by atoms with van der Waals surface area (Å²) in [7, 11) is 0. The van der Waals surface area contributed by atoms with Crippen molar-refractivity contribution in [2.45, 2.75) is 18.9 Å². The minimum Gasteiger partial charge on any atom is -0.456 e. The average Bonchev–Trinajstić information content (AvgIpc) is 2.27. The highest BCUT2D eigenvalue weighted by Crippen LogP contribution is 2.19. The maximum atomic E-state index is 12.6. The van der Waals surface area contributed by atoms with Crippen LogP contribution in [0.3, 0.4) is 0 Å². The number of rotatable bonds is 4. The van der Waals surface area contributed by atoms with Gasteiger partial charge in [-0.25, -0.2) is 13.6 Å². The van der Waals surface area contributed by atoms with Gasteiger partial charge < -0.3 is 9.84 Å². The molecule has 6 heteroatoms. The molecule has 0 aliphatic heterocycles. The summed E-state index contributed by atoms with van der Waals surface area (Å²) in [6.45, 7) is -0.376. The molecule has 16 heavy (non-hydrogen) atoms. The van der Waals surface area contributed by atoms with Crippen molar-refractivity contribution in [2.24, 2.45) is 0 Å². The van der Waals surface area contributed by atoms with Crippen LogP contribution in [-0.2, 0) is 16.1 Å². The van der Waals surface area contributed by atoms with Gasteiger partial charge in [0.05, 0.1) is 0 Å². The van der Waals surface area contributed by atoms with Crippen LogP contribution in [0.5, 0.6) is 0 Å². The molecule has 0 saturated carbocycles. The number of carbonyl (C=O) groups excluding carboxylic acids is 1. The molecule has 1 N–H and O–H groups in total. The Balaban J connectivity index is 2.54. The van der Waals surface area contributed by atoms with Gasteiger partial charge in [-0.3, -0.25) is 0 Å². The summed E-state index contributed by atoms with van der Waals surface area (Å²) in [5.74, 6) is -6.25. The highest BCUT2D eigenvalue weighted by Gasteiger charge is 2.48. The Bertz CT molecular complexity index is 352. The molecule has 1 atom stereocenters. The Hall–Kier alpha value is -1.56. The summed E-state index contributed by atoms with van der Waals surface area (Å²) >= 11 is 0. The molecule has 1 rings (SSSR count). The molecule has 1 unspecified atom stereocenters. The van der Waals surface area contributed by atoms with Crippen molar-refractivity contribution in [2.75, 3.05) is 0 Å². The van der Waals surface area contributed by atoms with Crippen molar-refractivity contribution in [1.29, 1.82) is 0 Å². The predicted molar refractivity (Wildman–Crippen MR) is 48.3 cm³/mol. The summed E-state index contributed by atoms with van der Waals surface area (Å²) in [6.07, 6.45) is -3.84. The van der Waals surface area contributed by atoms with Crippen molar-refractivity contribution in [3.05, 3.63) is 35.9 Å². The van der Waals surface area contributed by atoms with E-state index in [0.717, 1.165) is 0 Å². The van der Waals surface area contributed by atoms with Crippen LogP contribution >= 0.6 is 0 Å². The predicted octanol–water partition coefficient (Wildman–Crippen LogP) is 1.65. The zero-order valence-corrected chi connectivity index (χ0v) is 8.07. The Morgan fingerprint density at radius 3 is 2.44 bits per heavy atom. The van der Waals surface area contributed by atoms with Crippen LogP contribution in [0.4, 0.5) is 13.2 Å². The van der Waals surface area contributed by atoms with Crippen molar-refractivity contribution >= 4 is 5.97 Å². The van der Waals surface area contributed by atoms with Gasteiger partial charge in [-0.2, -0.15) is 4.39 Å². The maximum absolute atomic E-state index is 12.6. The largest absolute Gasteiger partial charge is 0.456 e. The third-order valence-electron chi connectivity index (χ3n) is 1.79. The molecule has 0 aromatic heterocycles. The number of hydrogen-bond acceptors (Lipinski definition) is 3. The van der Waals surface area contributed by atoms with Crippen molar-refractivity contribution < 1.29 is 27.8 Å². The number of hydrogen-bond donors (Lipinski definition) is 1. The lowest BCUT2D eigenvalue weighted by Gasteiger charge is -2.15. The quantitative estimate of drug-likeness (QED) is 0.806. The van der Waals surface area contributed by atoms with Crippen molar-refractivity contribution in [3.8, 4) is 0 Å². The lowest BCUT2D eigenvalue weighted by atomic mass is 10.2. The average molecular weight is 234 g/mol. The molecule has 0 saturated heterocycles. The number of halogens is 3. The lowest BCUT2D eigenvalue weighted by Crippen LogP contribution is -2.42. The highest BCUT2D eigenvalue weighted by molar-refractivity contribution is 5.77. The molecule has 0 radical (unpaired) electrons. The smallest absolute Gasteiger partial charge is 0.378 e. The molecule has 0 amide bonds. The van der Waals surface area contributed by atoms with Crippen LogP contribution in [0.1, 0.15) is 5.56 Å². The molecule has 0 aliphatic carbocycles. The number of aliphatic hydroxyl groups is 1. The van der Waals surface area contributed by atoms with Crippen LogP contribution in [0, 0.1) is 0 Å². The van der Waals surface area contributed by atoms with E-state index in [-0.39, 0.29) is 6.61 Å². The zero-order chi connectivity index (χ0) is 12.2. The van der Waals surface area contributed by atoms with E-state index in [9.17, 15) is 18.0 Å². The standard InChI is InChI=1S/C10H9F3O3/c11-8(12)10(13,15)9(14)16-6-7-4-2-1-3-5-7/h1-5,8,15H,6H2. The summed E-state index contributed by atoms with van der Waals surface area (Å²) < 4.78 is 40.6. The topological polar surface area (TPSA) is 46.5 Å². The first-order valence-electron chi connectivity index (χ1n) is 4.35. The molecule has 0 heterocycles. The van der Waals surface area contributed by atoms with Crippen LogP contribution in [0.2, 0.25) is 0 Å². The molecule has 0 aliphatic rings. The highest BCUT2D eigenvalue weighted by atomic mass is 19.3. The summed E-state index contributed by atoms with van der Waals surface area (Å²) in [5.41, 5.74) is 0.501. The van der Waals surface area contributed by atoms with E-state index in [2.05, 4.69) is 4.74 Å². The van der Waals surface area contributed by atoms with Crippen LogP contribution in [0.25, 0.3) is 0 Å². The van der Waals surface area contributed by atoms with E-state index in [1.807, 2.05) is 0 Å². The summed E-state index contributed by atoms with van der Waals surface area (Å²) in [5, 5.41) is 8.45. The number of esters is 1. The third-order valence-corrected chi connectivity index (χ3v) is 1.79. The van der Waals surface area contributed by atoms with Gasteiger partial charge in [-0.1, -0.05) is 30.3 Å². The monoisotopic (exact) mass is 234 g/mol. The van der Waals surface area contributed by atoms with Gasteiger partial charge in [0.15, 0.2) is 0 Å². The van der Waals surface area contributed by atoms with Crippen LogP contribution < -0.4 is 0 Å². The Kier molecular flexibility index (Phi) is 3.89. The molecular formula is C10H9F3O3. The molecule has 3 nitrogen and oxygen atoms in total. The fourth-order valence-electron chi connectivity index (χ4n) is 0.913. The fraction of sp³-hybridized carbons (Fsp3) is 0.300. The number of benzene rings is 1. The van der Waals surface area contributed by atoms with E-state index >= 15 is 0 Å². The molecule has 0 spiro atoms. The van der Waals surface area contributed by atoms with Crippen LogP contribution in [-0.4, -0.2) is 23.4 Å². The zero-order valence-electron chi connectivity index (χ0n) is 8.07. The van der Waals surface area contributed by atoms with E-state index in [0.29, 0.717) is 5.56 Å². The van der Waals surface area contributed by atoms with Crippen LogP contribution in [0.15, 0.2) is 30.3 Å². The van der Waals surface area contributed by atoms with E-state index in [4.69, 9.17) is 5.11 Å². The van der Waals surface area contributed by atoms with Gasteiger partial charge in [0, 0.05) is 0 Å². The third kappa shape index (κ3) is 2.96. The number of alkyl halides is 3. The van der Waals surface area contributed by atoms with Gasteiger partial charge in [0.1, 0.15) is 6.61 Å². The van der Waals surface area contributed by atoms with Crippen molar-refractivity contribution in [1.82, 2.24) is 0 Å². The number of carbonyl (C=O) groups is 1. The summed E-state index contributed by atoms with van der Waals surface area (Å²) in [6, 6.07) is 8.10. The van der Waals surface area contributed by atoms with E-state index in [1.54, 1.807) is 30.3 Å². The first kappa shape index (κ1) is 12.5. The maximum Gasteiger partial charge on any atom is 0.378 e. The second-order valence-electron chi connectivity index (χ2n) is 3.04. The normalized spacial score (nSPS) is 14.6. The van der Waals surface area contributed by atoms with E-state index < -0.39 is 18.2 Å². The molecule has 0 bridgehead atoms. The molecule has 0 fully saturated rings. The molecular weight excluding hydrogens is 225 g/mol. The Labute approximate surface area is 89.5 Å². The van der Waals surface area contributed by atoms with Crippen molar-refractivity contribution in [3.63, 3.8) is 0 Å². The second-order valence-corrected chi connectivity index (χ2v) is 3.04. The van der Waals surface area contributed by atoms with Gasteiger partial charge in [0.25, 0.3) is 0 Å². The fourth-order valence-corrected chi connectivity index (χ4v) is 0.913. The van der Waals surface area contributed by atoms with Gasteiger partial charge in [0.2, 0.25) is 0 Å². The molecule has 88 valence electrons. The number of ether oxygens (including phenoxy) is 1.